The summed E-state index contributed by atoms with van der Waals surface area (Å²) in [5, 5.41) is 13.1. The van der Waals surface area contributed by atoms with Crippen LogP contribution in [0.15, 0.2) is 59.5 Å². The molecule has 2 amide bonds. The van der Waals surface area contributed by atoms with Crippen LogP contribution in [0.1, 0.15) is 52.5 Å². The monoisotopic (exact) mass is 616 g/mol. The molecule has 3 rings (SSSR count). The van der Waals surface area contributed by atoms with Crippen LogP contribution in [0, 0.1) is 11.8 Å². The van der Waals surface area contributed by atoms with Crippen molar-refractivity contribution in [1.82, 2.24) is 19.6 Å². The summed E-state index contributed by atoms with van der Waals surface area (Å²) in [5.74, 6) is -0.173. The standard InChI is InChI=1S/C32H48N4O6S/c1-24(2)19-32(39)36(33-31(38)23-34-17-9-10-18-34)29(20-26-11-7-6-8-12-26)30(37)22-35(21-25(3)4)43(40,41)28-15-13-27(42-5)14-16-28/h6-8,11-16,24-25,29-30,37H,9-10,17-23H2,1-5H3,(H,33,38)/t29?,30-/m1/s1. The molecule has 0 saturated carbocycles. The minimum atomic E-state index is -4.01. The Hall–Kier alpha value is -2.99. The maximum atomic E-state index is 13.8. The van der Waals surface area contributed by atoms with E-state index < -0.39 is 22.2 Å². The van der Waals surface area contributed by atoms with E-state index in [1.807, 2.05) is 62.9 Å². The van der Waals surface area contributed by atoms with Gasteiger partial charge in [0.15, 0.2) is 0 Å². The zero-order chi connectivity index (χ0) is 31.6. The third-order valence-electron chi connectivity index (χ3n) is 7.38. The summed E-state index contributed by atoms with van der Waals surface area (Å²) in [6.07, 6.45) is 1.10. The average molecular weight is 617 g/mol. The highest BCUT2D eigenvalue weighted by Gasteiger charge is 2.36. The third-order valence-corrected chi connectivity index (χ3v) is 9.23. The predicted molar refractivity (Wildman–Crippen MR) is 167 cm³/mol. The lowest BCUT2D eigenvalue weighted by molar-refractivity contribution is -0.148. The molecule has 43 heavy (non-hydrogen) atoms. The molecule has 2 N–H and O–H groups in total. The Kier molecular flexibility index (Phi) is 13.0. The molecule has 0 radical (unpaired) electrons. The number of carbonyl (C=O) groups is 2. The van der Waals surface area contributed by atoms with Crippen LogP contribution >= 0.6 is 0 Å². The minimum Gasteiger partial charge on any atom is -0.497 e. The zero-order valence-electron chi connectivity index (χ0n) is 26.1. The van der Waals surface area contributed by atoms with Gasteiger partial charge in [0.05, 0.1) is 30.7 Å². The van der Waals surface area contributed by atoms with E-state index in [-0.39, 0.29) is 61.0 Å². The van der Waals surface area contributed by atoms with E-state index in [4.69, 9.17) is 4.74 Å². The first kappa shape index (κ1) is 34.5. The average Bonchev–Trinajstić information content (AvgIpc) is 3.47. The first-order valence-corrected chi connectivity index (χ1v) is 16.5. The van der Waals surface area contributed by atoms with Crippen molar-refractivity contribution in [2.45, 2.75) is 70.4 Å². The molecule has 2 aromatic rings. The molecule has 0 aromatic heterocycles. The summed E-state index contributed by atoms with van der Waals surface area (Å²) >= 11 is 0. The van der Waals surface area contributed by atoms with Crippen molar-refractivity contribution in [3.8, 4) is 5.75 Å². The molecular weight excluding hydrogens is 568 g/mol. The number of amides is 2. The summed E-state index contributed by atoms with van der Waals surface area (Å²) in [6, 6.07) is 14.6. The Morgan fingerprint density at radius 2 is 1.58 bits per heavy atom. The van der Waals surface area contributed by atoms with Gasteiger partial charge in [0.1, 0.15) is 5.75 Å². The molecule has 1 unspecified atom stereocenters. The molecule has 1 aliphatic rings. The lowest BCUT2D eigenvalue weighted by Crippen LogP contribution is -2.60. The number of nitrogens with one attached hydrogen (secondary N) is 1. The Labute approximate surface area is 257 Å². The number of carbonyl (C=O) groups excluding carboxylic acids is 2. The van der Waals surface area contributed by atoms with Crippen molar-refractivity contribution >= 4 is 21.8 Å². The fourth-order valence-corrected chi connectivity index (χ4v) is 6.87. The predicted octanol–water partition coefficient (Wildman–Crippen LogP) is 3.32. The molecular formula is C32H48N4O6S. The number of rotatable bonds is 15. The fraction of sp³-hybridized carbons (Fsp3) is 0.562. The minimum absolute atomic E-state index is 0.00731. The molecule has 2 atom stereocenters. The van der Waals surface area contributed by atoms with E-state index in [0.717, 1.165) is 31.5 Å². The van der Waals surface area contributed by atoms with Gasteiger partial charge in [-0.15, -0.1) is 0 Å². The number of aliphatic hydroxyl groups is 1. The van der Waals surface area contributed by atoms with Crippen LogP contribution in [0.5, 0.6) is 5.75 Å². The topological polar surface area (TPSA) is 119 Å². The number of ether oxygens (including phenoxy) is 1. The SMILES string of the molecule is COc1ccc(S(=O)(=O)N(CC(C)C)C[C@@H](O)C(Cc2ccccc2)N(NC(=O)CN2CCCC2)C(=O)CC(C)C)cc1. The molecule has 0 spiro atoms. The number of nitrogens with zero attached hydrogens (tertiary/aromatic N) is 3. The summed E-state index contributed by atoms with van der Waals surface area (Å²) in [4.78, 5) is 29.0. The van der Waals surface area contributed by atoms with Gasteiger partial charge in [0, 0.05) is 19.5 Å². The fourth-order valence-electron chi connectivity index (χ4n) is 5.25. The van der Waals surface area contributed by atoms with Crippen LogP contribution in [-0.4, -0.2) is 91.5 Å². The molecule has 1 saturated heterocycles. The second-order valence-electron chi connectivity index (χ2n) is 12.1. The molecule has 238 valence electrons. The normalized spacial score (nSPS) is 15.6. The van der Waals surface area contributed by atoms with Crippen LogP contribution in [0.2, 0.25) is 0 Å². The summed E-state index contributed by atoms with van der Waals surface area (Å²) in [6.45, 7) is 9.30. The Bertz CT molecular complexity index is 1260. The smallest absolute Gasteiger partial charge is 0.252 e. The molecule has 1 aliphatic heterocycles. The van der Waals surface area contributed by atoms with E-state index in [0.29, 0.717) is 5.75 Å². The van der Waals surface area contributed by atoms with Crippen LogP contribution in [0.25, 0.3) is 0 Å². The lowest BCUT2D eigenvalue weighted by Gasteiger charge is -2.37. The van der Waals surface area contributed by atoms with Crippen LogP contribution < -0.4 is 10.2 Å². The van der Waals surface area contributed by atoms with Gasteiger partial charge >= 0.3 is 0 Å². The van der Waals surface area contributed by atoms with Gasteiger partial charge in [-0.05, 0) is 74.0 Å². The first-order valence-electron chi connectivity index (χ1n) is 15.1. The maximum Gasteiger partial charge on any atom is 0.252 e. The van der Waals surface area contributed by atoms with E-state index in [9.17, 15) is 23.1 Å². The van der Waals surface area contributed by atoms with E-state index >= 15 is 0 Å². The molecule has 11 heteroatoms. The first-order chi connectivity index (χ1) is 20.4. The van der Waals surface area contributed by atoms with Crippen molar-refractivity contribution in [2.75, 3.05) is 39.8 Å². The molecule has 0 aliphatic carbocycles. The second kappa shape index (κ2) is 16.2. The van der Waals surface area contributed by atoms with Gasteiger partial charge in [-0.2, -0.15) is 4.31 Å². The maximum absolute atomic E-state index is 13.8. The number of aliphatic hydroxyl groups excluding tert-OH is 1. The van der Waals surface area contributed by atoms with Gasteiger partial charge in [-0.25, -0.2) is 13.4 Å². The van der Waals surface area contributed by atoms with E-state index in [2.05, 4.69) is 5.43 Å². The van der Waals surface area contributed by atoms with Crippen molar-refractivity contribution in [3.63, 3.8) is 0 Å². The highest BCUT2D eigenvalue weighted by molar-refractivity contribution is 7.89. The number of methoxy groups -OCH3 is 1. The Balaban J connectivity index is 1.97. The van der Waals surface area contributed by atoms with Gasteiger partial charge in [0.2, 0.25) is 15.9 Å². The van der Waals surface area contributed by atoms with Crippen molar-refractivity contribution in [3.05, 3.63) is 60.2 Å². The largest absolute Gasteiger partial charge is 0.497 e. The van der Waals surface area contributed by atoms with Gasteiger partial charge < -0.3 is 9.84 Å². The van der Waals surface area contributed by atoms with Crippen molar-refractivity contribution in [1.29, 1.82) is 0 Å². The molecule has 1 fully saturated rings. The van der Waals surface area contributed by atoms with Crippen LogP contribution in [-0.2, 0) is 26.0 Å². The number of likely N-dealkylation sites (tertiary alicyclic amines) is 1. The molecule has 2 aromatic carbocycles. The van der Waals surface area contributed by atoms with Gasteiger partial charge in [0.25, 0.3) is 5.91 Å². The number of hydrogen-bond acceptors (Lipinski definition) is 7. The highest BCUT2D eigenvalue weighted by atomic mass is 32.2. The third kappa shape index (κ3) is 10.3. The van der Waals surface area contributed by atoms with Crippen molar-refractivity contribution < 1.29 is 27.9 Å². The number of benzene rings is 2. The number of hydrazine groups is 1. The van der Waals surface area contributed by atoms with Crippen LogP contribution in [0.3, 0.4) is 0 Å². The van der Waals surface area contributed by atoms with Gasteiger partial charge in [-0.3, -0.25) is 19.9 Å². The van der Waals surface area contributed by atoms with Gasteiger partial charge in [-0.1, -0.05) is 58.0 Å². The second-order valence-corrected chi connectivity index (χ2v) is 14.0. The quantitative estimate of drug-likeness (QED) is 0.295. The number of hydrogen-bond donors (Lipinski definition) is 2. The molecule has 0 bridgehead atoms. The van der Waals surface area contributed by atoms with Crippen molar-refractivity contribution in [2.24, 2.45) is 11.8 Å². The Morgan fingerprint density at radius 3 is 2.14 bits per heavy atom. The molecule has 1 heterocycles. The Morgan fingerprint density at radius 1 is 0.953 bits per heavy atom. The highest BCUT2D eigenvalue weighted by Crippen LogP contribution is 2.23. The van der Waals surface area contributed by atoms with Crippen LogP contribution in [0.4, 0.5) is 0 Å². The summed E-state index contributed by atoms with van der Waals surface area (Å²) < 4.78 is 34.1. The lowest BCUT2D eigenvalue weighted by atomic mass is 9.99. The van der Waals surface area contributed by atoms with E-state index in [1.165, 1.54) is 28.6 Å². The van der Waals surface area contributed by atoms with E-state index in [1.54, 1.807) is 12.1 Å². The summed E-state index contributed by atoms with van der Waals surface area (Å²) in [5.41, 5.74) is 3.65. The molecule has 10 nitrogen and oxygen atoms in total. The number of sulfonamides is 1. The zero-order valence-corrected chi connectivity index (χ0v) is 26.9. The summed E-state index contributed by atoms with van der Waals surface area (Å²) in [7, 11) is -2.50.